The first kappa shape index (κ1) is 24.4. The molecular formula is C22H33N3O6Si. The van der Waals surface area contributed by atoms with Crippen LogP contribution in [0, 0.1) is 0 Å². The predicted molar refractivity (Wildman–Crippen MR) is 124 cm³/mol. The molecule has 1 aromatic carbocycles. The van der Waals surface area contributed by atoms with E-state index in [1.807, 2.05) is 30.3 Å². The lowest BCUT2D eigenvalue weighted by Crippen LogP contribution is -2.44. The molecule has 1 aliphatic rings. The second kappa shape index (κ2) is 9.32. The number of nitrogens with one attached hydrogen (secondary N) is 2. The summed E-state index contributed by atoms with van der Waals surface area (Å²) in [5, 5.41) is 24.1. The maximum Gasteiger partial charge on any atom is 0.330 e. The van der Waals surface area contributed by atoms with Crippen molar-refractivity contribution in [1.29, 1.82) is 0 Å². The van der Waals surface area contributed by atoms with Crippen LogP contribution in [0.25, 0.3) is 0 Å². The first-order valence-electron chi connectivity index (χ1n) is 10.7. The van der Waals surface area contributed by atoms with Crippen LogP contribution in [0.5, 0.6) is 0 Å². The molecule has 0 saturated carbocycles. The van der Waals surface area contributed by atoms with Crippen LogP contribution in [0.15, 0.2) is 46.1 Å². The summed E-state index contributed by atoms with van der Waals surface area (Å²) >= 11 is 0. The topological polar surface area (TPSA) is 126 Å². The Morgan fingerprint density at radius 2 is 1.81 bits per heavy atom. The fourth-order valence-electron chi connectivity index (χ4n) is 3.20. The van der Waals surface area contributed by atoms with Gasteiger partial charge < -0.3 is 24.7 Å². The quantitative estimate of drug-likeness (QED) is 0.461. The Balaban J connectivity index is 1.76. The number of rotatable bonds is 7. The Hall–Kier alpha value is -2.24. The van der Waals surface area contributed by atoms with Gasteiger partial charge in [0.25, 0.3) is 5.56 Å². The van der Waals surface area contributed by atoms with Gasteiger partial charge in [0.15, 0.2) is 14.5 Å². The molecule has 3 rings (SSSR count). The van der Waals surface area contributed by atoms with Crippen molar-refractivity contribution < 1.29 is 19.4 Å². The number of benzene rings is 1. The predicted octanol–water partition coefficient (Wildman–Crippen LogP) is 1.79. The largest absolute Gasteiger partial charge is 0.414 e. The molecule has 0 aliphatic carbocycles. The van der Waals surface area contributed by atoms with Crippen molar-refractivity contribution in [2.24, 2.45) is 0 Å². The van der Waals surface area contributed by atoms with E-state index < -0.39 is 44.1 Å². The lowest BCUT2D eigenvalue weighted by Gasteiger charge is -2.37. The first-order chi connectivity index (χ1) is 14.9. The number of hydrogen-bond acceptors (Lipinski definition) is 7. The van der Waals surface area contributed by atoms with Gasteiger partial charge >= 0.3 is 5.69 Å². The van der Waals surface area contributed by atoms with Crippen LogP contribution in [-0.2, 0) is 15.7 Å². The van der Waals surface area contributed by atoms with Crippen molar-refractivity contribution in [2.45, 2.75) is 70.0 Å². The maximum absolute atomic E-state index is 12.4. The van der Waals surface area contributed by atoms with Crippen molar-refractivity contribution in [3.63, 3.8) is 0 Å². The average molecular weight is 464 g/mol. The second-order valence-corrected chi connectivity index (χ2v) is 14.5. The summed E-state index contributed by atoms with van der Waals surface area (Å²) in [6.45, 7) is 11.0. The number of H-pyrrole nitrogens is 1. The van der Waals surface area contributed by atoms with Crippen LogP contribution in [0.1, 0.15) is 32.6 Å². The van der Waals surface area contributed by atoms with E-state index in [9.17, 15) is 19.8 Å². The normalized spacial score (nSPS) is 24.0. The highest BCUT2D eigenvalue weighted by molar-refractivity contribution is 6.74. The van der Waals surface area contributed by atoms with Crippen molar-refractivity contribution in [3.05, 3.63) is 62.9 Å². The van der Waals surface area contributed by atoms with Crippen LogP contribution < -0.4 is 16.6 Å². The molecule has 1 saturated heterocycles. The van der Waals surface area contributed by atoms with Crippen LogP contribution in [0.4, 0.5) is 5.69 Å². The minimum absolute atomic E-state index is 0.0241. The van der Waals surface area contributed by atoms with Gasteiger partial charge in [-0.25, -0.2) is 4.79 Å². The smallest absolute Gasteiger partial charge is 0.330 e. The summed E-state index contributed by atoms with van der Waals surface area (Å²) < 4.78 is 13.0. The molecule has 9 nitrogen and oxygen atoms in total. The molecule has 1 fully saturated rings. The number of anilines is 1. The van der Waals surface area contributed by atoms with Crippen molar-refractivity contribution >= 4 is 14.0 Å². The zero-order valence-corrected chi connectivity index (χ0v) is 20.2. The van der Waals surface area contributed by atoms with E-state index in [0.29, 0.717) is 6.54 Å². The highest BCUT2D eigenvalue weighted by atomic mass is 28.4. The van der Waals surface area contributed by atoms with Gasteiger partial charge in [-0.15, -0.1) is 0 Å². The molecule has 0 amide bonds. The van der Waals surface area contributed by atoms with Gasteiger partial charge in [-0.3, -0.25) is 14.3 Å². The zero-order chi connectivity index (χ0) is 23.7. The first-order valence-corrected chi connectivity index (χ1v) is 13.6. The van der Waals surface area contributed by atoms with Gasteiger partial charge in [0.2, 0.25) is 0 Å². The molecule has 0 unspecified atom stereocenters. The number of aliphatic hydroxyl groups excluding tert-OH is 2. The molecule has 176 valence electrons. The van der Waals surface area contributed by atoms with Gasteiger partial charge in [-0.2, -0.15) is 0 Å². The minimum Gasteiger partial charge on any atom is -0.414 e. The van der Waals surface area contributed by atoms with E-state index in [1.54, 1.807) is 0 Å². The number of aromatic amines is 1. The highest BCUT2D eigenvalue weighted by Gasteiger charge is 2.46. The van der Waals surface area contributed by atoms with Crippen LogP contribution >= 0.6 is 0 Å². The Labute approximate surface area is 188 Å². The van der Waals surface area contributed by atoms with Gasteiger partial charge in [0, 0.05) is 12.7 Å². The van der Waals surface area contributed by atoms with Crippen LogP contribution in [-0.4, -0.2) is 53.0 Å². The molecule has 4 atom stereocenters. The van der Waals surface area contributed by atoms with E-state index in [1.165, 1.54) is 6.20 Å². The second-order valence-electron chi connectivity index (χ2n) is 9.67. The summed E-state index contributed by atoms with van der Waals surface area (Å²) in [4.78, 5) is 26.9. The maximum atomic E-state index is 12.4. The number of nitrogens with zero attached hydrogens (tertiary/aromatic N) is 1. The SMILES string of the molecule is CC(C)(C)[Si](C)(C)OC[C@H]1O[C@@H](n2cc(NCc3ccccc3)c(=O)[nH]c2=O)[C@H](O)[C@@H]1O. The van der Waals surface area contributed by atoms with Gasteiger partial charge in [0.05, 0.1) is 6.61 Å². The van der Waals surface area contributed by atoms with Crippen molar-refractivity contribution in [3.8, 4) is 0 Å². The molecule has 4 N–H and O–H groups in total. The third-order valence-electron chi connectivity index (χ3n) is 6.32. The van der Waals surface area contributed by atoms with Crippen molar-refractivity contribution in [1.82, 2.24) is 9.55 Å². The molecule has 2 aromatic rings. The molecule has 10 heteroatoms. The third kappa shape index (κ3) is 5.21. The Bertz CT molecular complexity index is 1030. The van der Waals surface area contributed by atoms with E-state index in [4.69, 9.17) is 9.16 Å². The zero-order valence-electron chi connectivity index (χ0n) is 19.2. The van der Waals surface area contributed by atoms with Crippen molar-refractivity contribution in [2.75, 3.05) is 11.9 Å². The number of aromatic nitrogens is 2. The third-order valence-corrected chi connectivity index (χ3v) is 10.8. The summed E-state index contributed by atoms with van der Waals surface area (Å²) in [7, 11) is -2.09. The van der Waals surface area contributed by atoms with Gasteiger partial charge in [0.1, 0.15) is 24.0 Å². The molecule has 32 heavy (non-hydrogen) atoms. The highest BCUT2D eigenvalue weighted by Crippen LogP contribution is 2.37. The van der Waals surface area contributed by atoms with E-state index in [2.05, 4.69) is 44.2 Å². The molecule has 0 spiro atoms. The number of ether oxygens (including phenoxy) is 1. The van der Waals surface area contributed by atoms with E-state index in [0.717, 1.165) is 10.1 Å². The fraction of sp³-hybridized carbons (Fsp3) is 0.545. The Kier molecular flexibility index (Phi) is 7.11. The molecule has 2 heterocycles. The lowest BCUT2D eigenvalue weighted by atomic mass is 10.1. The Morgan fingerprint density at radius 1 is 1.16 bits per heavy atom. The van der Waals surface area contributed by atoms with Crippen LogP contribution in [0.3, 0.4) is 0 Å². The summed E-state index contributed by atoms with van der Waals surface area (Å²) in [5.74, 6) is 0. The lowest BCUT2D eigenvalue weighted by molar-refractivity contribution is -0.0530. The molecule has 0 radical (unpaired) electrons. The Morgan fingerprint density at radius 3 is 2.44 bits per heavy atom. The van der Waals surface area contributed by atoms with E-state index in [-0.39, 0.29) is 17.3 Å². The summed E-state index contributed by atoms with van der Waals surface area (Å²) in [6, 6.07) is 9.48. The van der Waals surface area contributed by atoms with Crippen LogP contribution in [0.2, 0.25) is 18.1 Å². The monoisotopic (exact) mass is 463 g/mol. The van der Waals surface area contributed by atoms with Gasteiger partial charge in [-0.05, 0) is 23.7 Å². The standard InChI is InChI=1S/C22H33N3O6Si/c1-22(2,3)32(4,5)30-13-16-17(26)18(27)20(31-16)25-12-15(19(28)24-21(25)29)23-11-14-9-7-6-8-10-14/h6-10,12,16-18,20,23,26-27H,11,13H2,1-5H3,(H,24,28,29)/t16-,17-,18-,20-/m1/s1. The summed E-state index contributed by atoms with van der Waals surface area (Å²) in [6.07, 6.45) is -3.23. The molecule has 1 aromatic heterocycles. The average Bonchev–Trinajstić information content (AvgIpc) is 3.00. The minimum atomic E-state index is -2.09. The number of aliphatic hydroxyl groups is 2. The molecular weight excluding hydrogens is 430 g/mol. The number of hydrogen-bond donors (Lipinski definition) is 4. The van der Waals surface area contributed by atoms with Gasteiger partial charge in [-0.1, -0.05) is 51.1 Å². The fourth-order valence-corrected chi connectivity index (χ4v) is 4.21. The van der Waals surface area contributed by atoms with E-state index >= 15 is 0 Å². The molecule has 0 bridgehead atoms. The summed E-state index contributed by atoms with van der Waals surface area (Å²) in [5.41, 5.74) is -0.199. The molecule has 1 aliphatic heterocycles.